The van der Waals surface area contributed by atoms with Gasteiger partial charge in [0.1, 0.15) is 5.60 Å². The first-order valence-electron chi connectivity index (χ1n) is 13.4. The minimum atomic E-state index is -0.520. The van der Waals surface area contributed by atoms with Gasteiger partial charge in [-0.25, -0.2) is 4.79 Å². The van der Waals surface area contributed by atoms with E-state index in [0.29, 0.717) is 6.54 Å². The minimum Gasteiger partial charge on any atom is -0.444 e. The monoisotopic (exact) mass is 508 g/mol. The van der Waals surface area contributed by atoms with Crippen molar-refractivity contribution < 1.29 is 9.53 Å². The van der Waals surface area contributed by atoms with Gasteiger partial charge in [0.25, 0.3) is 0 Å². The summed E-state index contributed by atoms with van der Waals surface area (Å²) in [6.07, 6.45) is 5.93. The average molecular weight is 509 g/mol. The molecule has 0 radical (unpaired) electrons. The fraction of sp³-hybridized carbons (Fsp3) is 0.586. The maximum atomic E-state index is 13.4. The van der Waals surface area contributed by atoms with Gasteiger partial charge in [-0.3, -0.25) is 14.8 Å². The van der Waals surface area contributed by atoms with Gasteiger partial charge >= 0.3 is 6.09 Å². The summed E-state index contributed by atoms with van der Waals surface area (Å²) in [5, 5.41) is 0. The molecule has 1 amide bonds. The number of nitrogens with zero attached hydrogens (tertiary/aromatic N) is 4. The number of pyridine rings is 1. The summed E-state index contributed by atoms with van der Waals surface area (Å²) in [6, 6.07) is 11.2. The van der Waals surface area contributed by atoms with Crippen molar-refractivity contribution in [2.24, 2.45) is 0 Å². The lowest BCUT2D eigenvalue weighted by Crippen LogP contribution is -2.51. The maximum absolute atomic E-state index is 13.4. The predicted molar refractivity (Wildman–Crippen MR) is 148 cm³/mol. The van der Waals surface area contributed by atoms with E-state index < -0.39 is 5.60 Å². The van der Waals surface area contributed by atoms with E-state index in [4.69, 9.17) is 9.72 Å². The third-order valence-corrected chi connectivity index (χ3v) is 8.59. The smallest absolute Gasteiger partial charge is 0.410 e. The van der Waals surface area contributed by atoms with E-state index in [1.165, 1.54) is 46.0 Å². The van der Waals surface area contributed by atoms with E-state index in [0.717, 1.165) is 38.9 Å². The lowest BCUT2D eigenvalue weighted by Gasteiger charge is -2.43. The molecule has 1 aliphatic carbocycles. The van der Waals surface area contributed by atoms with E-state index in [9.17, 15) is 4.79 Å². The predicted octanol–water partition coefficient (Wildman–Crippen LogP) is 5.31. The lowest BCUT2D eigenvalue weighted by molar-refractivity contribution is 0.00646. The number of thioether (sulfide) groups is 1. The van der Waals surface area contributed by atoms with Gasteiger partial charge in [0, 0.05) is 49.6 Å². The Kier molecular flexibility index (Phi) is 7.49. The summed E-state index contributed by atoms with van der Waals surface area (Å²) < 4.78 is 5.90. The topological polar surface area (TPSA) is 48.9 Å². The van der Waals surface area contributed by atoms with E-state index in [1.807, 2.05) is 49.7 Å². The van der Waals surface area contributed by atoms with Crippen LogP contribution in [-0.4, -0.2) is 70.7 Å². The van der Waals surface area contributed by atoms with Gasteiger partial charge in [-0.15, -0.1) is 0 Å². The molecule has 194 valence electrons. The molecule has 3 heterocycles. The number of ether oxygens (including phenoxy) is 1. The Labute approximate surface area is 220 Å². The van der Waals surface area contributed by atoms with Crippen LogP contribution in [0.5, 0.6) is 0 Å². The first-order valence-corrected chi connectivity index (χ1v) is 14.5. The second-order valence-corrected chi connectivity index (χ2v) is 12.6. The fourth-order valence-corrected chi connectivity index (χ4v) is 6.84. The summed E-state index contributed by atoms with van der Waals surface area (Å²) in [4.78, 5) is 25.2. The lowest BCUT2D eigenvalue weighted by atomic mass is 9.89. The second kappa shape index (κ2) is 10.6. The summed E-state index contributed by atoms with van der Waals surface area (Å²) in [6.45, 7) is 9.41. The van der Waals surface area contributed by atoms with Gasteiger partial charge in [0.15, 0.2) is 0 Å². The summed E-state index contributed by atoms with van der Waals surface area (Å²) in [7, 11) is 2.20. The minimum absolute atomic E-state index is 0.0479. The molecule has 1 aromatic carbocycles. The van der Waals surface area contributed by atoms with E-state index in [2.05, 4.69) is 41.1 Å². The van der Waals surface area contributed by atoms with Crippen LogP contribution in [0.4, 0.5) is 10.5 Å². The van der Waals surface area contributed by atoms with Gasteiger partial charge in [0.2, 0.25) is 0 Å². The molecule has 0 saturated carbocycles. The highest BCUT2D eigenvalue weighted by molar-refractivity contribution is 7.99. The zero-order valence-electron chi connectivity index (χ0n) is 22.2. The largest absolute Gasteiger partial charge is 0.444 e. The van der Waals surface area contributed by atoms with E-state index in [-0.39, 0.29) is 18.2 Å². The quantitative estimate of drug-likeness (QED) is 0.558. The van der Waals surface area contributed by atoms with Crippen molar-refractivity contribution in [3.8, 4) is 0 Å². The van der Waals surface area contributed by atoms with Crippen molar-refractivity contribution in [1.82, 2.24) is 14.8 Å². The summed E-state index contributed by atoms with van der Waals surface area (Å²) >= 11 is 2.04. The Morgan fingerprint density at radius 3 is 2.72 bits per heavy atom. The highest BCUT2D eigenvalue weighted by atomic mass is 32.2. The third kappa shape index (κ3) is 5.52. The number of likely N-dealkylation sites (N-methyl/N-ethyl adjacent to an activating group) is 1. The van der Waals surface area contributed by atoms with Crippen LogP contribution in [0.3, 0.4) is 0 Å². The van der Waals surface area contributed by atoms with Crippen LogP contribution >= 0.6 is 11.8 Å². The molecule has 1 aromatic heterocycles. The van der Waals surface area contributed by atoms with Crippen LogP contribution in [0, 0.1) is 0 Å². The van der Waals surface area contributed by atoms with Crippen molar-refractivity contribution >= 4 is 23.5 Å². The molecule has 7 heteroatoms. The van der Waals surface area contributed by atoms with Crippen LogP contribution in [0.1, 0.15) is 62.0 Å². The van der Waals surface area contributed by atoms with Crippen molar-refractivity contribution in [1.29, 1.82) is 0 Å². The van der Waals surface area contributed by atoms with Gasteiger partial charge in [0.05, 0.1) is 17.8 Å². The van der Waals surface area contributed by atoms with Gasteiger partial charge in [-0.2, -0.15) is 11.8 Å². The molecule has 3 aliphatic rings. The van der Waals surface area contributed by atoms with Gasteiger partial charge in [-0.1, -0.05) is 18.2 Å². The van der Waals surface area contributed by atoms with Crippen LogP contribution in [0.2, 0.25) is 0 Å². The average Bonchev–Trinajstić information content (AvgIpc) is 2.87. The molecule has 0 bridgehead atoms. The SMILES string of the molecule is CN(CC1Cc2c(cccc2N2CCSCC2)CN1C(=O)OC(C)(C)C)[C@H]1CCCc2cccnc21. The van der Waals surface area contributed by atoms with E-state index >= 15 is 0 Å². The number of aryl methyl sites for hydroxylation is 1. The Morgan fingerprint density at radius 2 is 1.94 bits per heavy atom. The first kappa shape index (κ1) is 25.4. The third-order valence-electron chi connectivity index (χ3n) is 7.65. The highest BCUT2D eigenvalue weighted by Gasteiger charge is 2.37. The van der Waals surface area contributed by atoms with Crippen molar-refractivity contribution in [3.63, 3.8) is 0 Å². The number of fused-ring (bicyclic) bond motifs is 2. The number of carbonyl (C=O) groups excluding carboxylic acids is 1. The number of carbonyl (C=O) groups is 1. The molecule has 0 N–H and O–H groups in total. The Hall–Kier alpha value is -2.25. The summed E-state index contributed by atoms with van der Waals surface area (Å²) in [5.41, 5.74) is 6.06. The highest BCUT2D eigenvalue weighted by Crippen LogP contribution is 2.36. The fourth-order valence-electron chi connectivity index (χ4n) is 5.93. The zero-order chi connectivity index (χ0) is 25.3. The number of anilines is 1. The Balaban J connectivity index is 1.43. The molecular formula is C29H40N4O2S. The molecule has 5 rings (SSSR count). The first-order chi connectivity index (χ1) is 17.3. The molecule has 2 aliphatic heterocycles. The molecule has 2 atom stereocenters. The van der Waals surface area contributed by atoms with Crippen LogP contribution in [0.15, 0.2) is 36.5 Å². The molecule has 1 unspecified atom stereocenters. The van der Waals surface area contributed by atoms with Crippen molar-refractivity contribution in [2.75, 3.05) is 43.1 Å². The van der Waals surface area contributed by atoms with E-state index in [1.54, 1.807) is 0 Å². The van der Waals surface area contributed by atoms with Gasteiger partial charge < -0.3 is 9.64 Å². The maximum Gasteiger partial charge on any atom is 0.410 e. The second-order valence-electron chi connectivity index (χ2n) is 11.4. The van der Waals surface area contributed by atoms with Gasteiger partial charge in [-0.05, 0) is 82.3 Å². The molecular weight excluding hydrogens is 468 g/mol. The molecule has 1 fully saturated rings. The standard InChI is InChI=1S/C29H40N4O2S/c1-29(2,3)35-28(34)33-19-22-9-6-11-25(32-14-16-36-17-15-32)24(22)18-23(33)20-31(4)26-12-5-8-21-10-7-13-30-27(21)26/h6-7,9-11,13,23,26H,5,8,12,14-20H2,1-4H3/t23?,26-/m0/s1. The molecule has 36 heavy (non-hydrogen) atoms. The van der Waals surface area contributed by atoms with Crippen LogP contribution in [-0.2, 0) is 24.1 Å². The summed E-state index contributed by atoms with van der Waals surface area (Å²) in [5.74, 6) is 2.35. The molecule has 1 saturated heterocycles. The number of amides is 1. The molecule has 6 nitrogen and oxygen atoms in total. The molecule has 2 aromatic rings. The number of benzene rings is 1. The number of aromatic nitrogens is 1. The van der Waals surface area contributed by atoms with Crippen LogP contribution in [0.25, 0.3) is 0 Å². The Morgan fingerprint density at radius 1 is 1.17 bits per heavy atom. The van der Waals surface area contributed by atoms with Crippen LogP contribution < -0.4 is 4.90 Å². The molecule has 0 spiro atoms. The Bertz CT molecular complexity index is 1080. The van der Waals surface area contributed by atoms with Crippen molar-refractivity contribution in [3.05, 3.63) is 58.9 Å². The zero-order valence-corrected chi connectivity index (χ0v) is 23.0. The van der Waals surface area contributed by atoms with Crippen molar-refractivity contribution in [2.45, 2.75) is 70.7 Å². The number of hydrogen-bond donors (Lipinski definition) is 0. The number of rotatable bonds is 4. The normalized spacial score (nSPS) is 22.2. The number of hydrogen-bond acceptors (Lipinski definition) is 6.